The lowest BCUT2D eigenvalue weighted by molar-refractivity contribution is -0.175. The summed E-state index contributed by atoms with van der Waals surface area (Å²) in [6.45, 7) is 3.19. The van der Waals surface area contributed by atoms with Crippen LogP contribution in [-0.2, 0) is 19.1 Å². The third kappa shape index (κ3) is 10.7. The molecule has 0 aromatic rings. The van der Waals surface area contributed by atoms with Crippen molar-refractivity contribution in [2.45, 2.75) is 20.1 Å². The summed E-state index contributed by atoms with van der Waals surface area (Å²) in [5.41, 5.74) is 0. The summed E-state index contributed by atoms with van der Waals surface area (Å²) < 4.78 is 9.21. The standard InChI is InChI=1S/C14H18O5/c1-3-5-7-9-12(15)18-11-14(17)19-13(16)10-8-6-4-2/h3-10,14,17H,11H2,1-2H3/b5-3+,6-4+,9-7+,10-8+. The number of rotatable bonds is 7. The summed E-state index contributed by atoms with van der Waals surface area (Å²) >= 11 is 0. The lowest BCUT2D eigenvalue weighted by Gasteiger charge is -2.09. The Kier molecular flexibility index (Phi) is 9.74. The molecule has 19 heavy (non-hydrogen) atoms. The molecule has 104 valence electrons. The second kappa shape index (κ2) is 11.0. The maximum Gasteiger partial charge on any atom is 0.333 e. The van der Waals surface area contributed by atoms with Crippen molar-refractivity contribution in [2.75, 3.05) is 6.61 Å². The van der Waals surface area contributed by atoms with Gasteiger partial charge in [0.05, 0.1) is 0 Å². The molecule has 0 amide bonds. The molecule has 0 saturated heterocycles. The van der Waals surface area contributed by atoms with E-state index in [0.717, 1.165) is 6.08 Å². The molecule has 0 radical (unpaired) electrons. The monoisotopic (exact) mass is 266 g/mol. The van der Waals surface area contributed by atoms with Crippen LogP contribution in [0.3, 0.4) is 0 Å². The van der Waals surface area contributed by atoms with E-state index in [9.17, 15) is 14.7 Å². The highest BCUT2D eigenvalue weighted by atomic mass is 16.7. The number of aliphatic hydroxyl groups is 1. The van der Waals surface area contributed by atoms with E-state index in [2.05, 4.69) is 9.47 Å². The molecule has 0 saturated carbocycles. The molecule has 0 rings (SSSR count). The number of ether oxygens (including phenoxy) is 2. The molecule has 0 aromatic heterocycles. The highest BCUT2D eigenvalue weighted by Gasteiger charge is 2.10. The molecule has 5 heteroatoms. The highest BCUT2D eigenvalue weighted by Crippen LogP contribution is 1.93. The van der Waals surface area contributed by atoms with Gasteiger partial charge in [0.2, 0.25) is 6.29 Å². The van der Waals surface area contributed by atoms with Crippen molar-refractivity contribution in [3.05, 3.63) is 48.6 Å². The Morgan fingerprint density at radius 1 is 1.00 bits per heavy atom. The van der Waals surface area contributed by atoms with E-state index in [1.807, 2.05) is 0 Å². The predicted octanol–water partition coefficient (Wildman–Crippen LogP) is 1.66. The number of hydrogen-bond acceptors (Lipinski definition) is 5. The van der Waals surface area contributed by atoms with Crippen molar-refractivity contribution in [2.24, 2.45) is 0 Å². The van der Waals surface area contributed by atoms with Crippen LogP contribution in [0.4, 0.5) is 0 Å². The molecule has 5 nitrogen and oxygen atoms in total. The van der Waals surface area contributed by atoms with Crippen LogP contribution in [0.1, 0.15) is 13.8 Å². The fourth-order valence-electron chi connectivity index (χ4n) is 0.899. The first-order chi connectivity index (χ1) is 9.10. The Morgan fingerprint density at radius 3 is 2.05 bits per heavy atom. The van der Waals surface area contributed by atoms with E-state index < -0.39 is 24.8 Å². The number of carbonyl (C=O) groups is 2. The van der Waals surface area contributed by atoms with Crippen molar-refractivity contribution < 1.29 is 24.2 Å². The smallest absolute Gasteiger partial charge is 0.333 e. The van der Waals surface area contributed by atoms with Gasteiger partial charge in [-0.3, -0.25) is 0 Å². The van der Waals surface area contributed by atoms with E-state index in [-0.39, 0.29) is 0 Å². The predicted molar refractivity (Wildman–Crippen MR) is 71.0 cm³/mol. The van der Waals surface area contributed by atoms with Gasteiger partial charge in [0.25, 0.3) is 0 Å². The van der Waals surface area contributed by atoms with Crippen LogP contribution in [0, 0.1) is 0 Å². The third-order valence-electron chi connectivity index (χ3n) is 1.69. The first kappa shape index (κ1) is 16.9. The molecule has 0 bridgehead atoms. The van der Waals surface area contributed by atoms with Crippen LogP contribution in [0.15, 0.2) is 48.6 Å². The van der Waals surface area contributed by atoms with Gasteiger partial charge in [-0.05, 0) is 13.8 Å². The summed E-state index contributed by atoms with van der Waals surface area (Å²) in [4.78, 5) is 22.2. The zero-order valence-electron chi connectivity index (χ0n) is 11.0. The van der Waals surface area contributed by atoms with Crippen molar-refractivity contribution >= 4 is 11.9 Å². The number of aliphatic hydroxyl groups excluding tert-OH is 1. The fraction of sp³-hybridized carbons (Fsp3) is 0.286. The molecule has 0 heterocycles. The van der Waals surface area contributed by atoms with Crippen LogP contribution >= 0.6 is 0 Å². The molecule has 0 aromatic carbocycles. The van der Waals surface area contributed by atoms with Gasteiger partial charge < -0.3 is 14.6 Å². The minimum Gasteiger partial charge on any atom is -0.456 e. The average molecular weight is 266 g/mol. The first-order valence-corrected chi connectivity index (χ1v) is 5.74. The van der Waals surface area contributed by atoms with Gasteiger partial charge in [-0.15, -0.1) is 0 Å². The SMILES string of the molecule is C/C=C/C=C/C(=O)OCC(O)OC(=O)/C=C/C=C/C. The summed E-state index contributed by atoms with van der Waals surface area (Å²) in [7, 11) is 0. The van der Waals surface area contributed by atoms with Crippen LogP contribution in [-0.4, -0.2) is 29.9 Å². The van der Waals surface area contributed by atoms with E-state index in [1.54, 1.807) is 38.2 Å². The van der Waals surface area contributed by atoms with Gasteiger partial charge in [0, 0.05) is 12.2 Å². The first-order valence-electron chi connectivity index (χ1n) is 5.74. The second-order valence-electron chi connectivity index (χ2n) is 3.29. The Labute approximate surface area is 112 Å². The zero-order valence-corrected chi connectivity index (χ0v) is 11.0. The lowest BCUT2D eigenvalue weighted by Crippen LogP contribution is -2.23. The number of carbonyl (C=O) groups excluding carboxylic acids is 2. The van der Waals surface area contributed by atoms with Gasteiger partial charge in [-0.2, -0.15) is 0 Å². The molecule has 0 aliphatic carbocycles. The topological polar surface area (TPSA) is 72.8 Å². The minimum atomic E-state index is -1.48. The molecule has 1 atom stereocenters. The Hall–Kier alpha value is -2.14. The van der Waals surface area contributed by atoms with Gasteiger partial charge in [0.1, 0.15) is 0 Å². The van der Waals surface area contributed by atoms with Crippen LogP contribution in [0.25, 0.3) is 0 Å². The van der Waals surface area contributed by atoms with Crippen LogP contribution in [0.2, 0.25) is 0 Å². The second-order valence-corrected chi connectivity index (χ2v) is 3.29. The van der Waals surface area contributed by atoms with Gasteiger partial charge in [-0.25, -0.2) is 9.59 Å². The van der Waals surface area contributed by atoms with Crippen molar-refractivity contribution in [3.8, 4) is 0 Å². The van der Waals surface area contributed by atoms with Crippen LogP contribution < -0.4 is 0 Å². The van der Waals surface area contributed by atoms with E-state index >= 15 is 0 Å². The van der Waals surface area contributed by atoms with Crippen molar-refractivity contribution in [3.63, 3.8) is 0 Å². The van der Waals surface area contributed by atoms with Crippen molar-refractivity contribution in [1.29, 1.82) is 0 Å². The molecule has 0 spiro atoms. The molecule has 0 aliphatic heterocycles. The molecule has 0 fully saturated rings. The van der Waals surface area contributed by atoms with E-state index in [1.165, 1.54) is 18.2 Å². The van der Waals surface area contributed by atoms with Crippen LogP contribution in [0.5, 0.6) is 0 Å². The lowest BCUT2D eigenvalue weighted by atomic mass is 10.4. The summed E-state index contributed by atoms with van der Waals surface area (Å²) in [6, 6.07) is 0. The quantitative estimate of drug-likeness (QED) is 0.328. The van der Waals surface area contributed by atoms with E-state index in [0.29, 0.717) is 0 Å². The fourth-order valence-corrected chi connectivity index (χ4v) is 0.899. The Bertz CT molecular complexity index is 391. The normalized spacial score (nSPS) is 13.6. The third-order valence-corrected chi connectivity index (χ3v) is 1.69. The van der Waals surface area contributed by atoms with Gasteiger partial charge >= 0.3 is 11.9 Å². The minimum absolute atomic E-state index is 0.414. The highest BCUT2D eigenvalue weighted by molar-refractivity contribution is 5.83. The van der Waals surface area contributed by atoms with E-state index in [4.69, 9.17) is 0 Å². The molecular weight excluding hydrogens is 248 g/mol. The summed E-state index contributed by atoms with van der Waals surface area (Å²) in [5.74, 6) is -1.34. The zero-order chi connectivity index (χ0) is 14.5. The number of esters is 2. The molecule has 0 aliphatic rings. The average Bonchev–Trinajstić information content (AvgIpc) is 2.37. The van der Waals surface area contributed by atoms with Gasteiger partial charge in [-0.1, -0.05) is 36.5 Å². The van der Waals surface area contributed by atoms with Crippen molar-refractivity contribution in [1.82, 2.24) is 0 Å². The number of allylic oxidation sites excluding steroid dienone is 6. The number of hydrogen-bond donors (Lipinski definition) is 1. The Morgan fingerprint density at radius 2 is 1.53 bits per heavy atom. The summed E-state index contributed by atoms with van der Waals surface area (Å²) in [6.07, 6.45) is 10.6. The molecule has 1 N–H and O–H groups in total. The summed E-state index contributed by atoms with van der Waals surface area (Å²) in [5, 5.41) is 9.29. The largest absolute Gasteiger partial charge is 0.456 e. The molecule has 1 unspecified atom stereocenters. The van der Waals surface area contributed by atoms with Gasteiger partial charge in [0.15, 0.2) is 6.61 Å². The maximum absolute atomic E-state index is 11.1. The Balaban J connectivity index is 3.95. The molecular formula is C14H18O5. The maximum atomic E-state index is 11.1.